The molecule has 5 nitrogen and oxygen atoms in total. The van der Waals surface area contributed by atoms with Crippen molar-refractivity contribution < 1.29 is 9.34 Å². The van der Waals surface area contributed by atoms with Crippen LogP contribution in [0, 0.1) is 10.1 Å². The van der Waals surface area contributed by atoms with E-state index in [2.05, 4.69) is 5.32 Å². The van der Waals surface area contributed by atoms with Gasteiger partial charge in [0.05, 0.1) is 12.6 Å². The predicted octanol–water partition coefficient (Wildman–Crippen LogP) is 3.39. The first kappa shape index (κ1) is 13.1. The van der Waals surface area contributed by atoms with Gasteiger partial charge >= 0.3 is 5.88 Å². The van der Waals surface area contributed by atoms with E-state index in [-0.39, 0.29) is 5.88 Å². The molecule has 1 heterocycles. The summed E-state index contributed by atoms with van der Waals surface area (Å²) in [5.74, 6) is 0.466. The van der Waals surface area contributed by atoms with Crippen molar-refractivity contribution in [3.05, 3.63) is 28.0 Å². The standard InChI is InChI=1S/C13H20N2O3/c16-15(17)13-9-8-12(18-13)10-14-11-6-4-2-1-3-5-7-11/h8-9,11,14H,1-7,10H2. The summed E-state index contributed by atoms with van der Waals surface area (Å²) in [6.45, 7) is 0.582. The number of nitro groups is 1. The zero-order valence-electron chi connectivity index (χ0n) is 10.6. The summed E-state index contributed by atoms with van der Waals surface area (Å²) in [5.41, 5.74) is 0. The van der Waals surface area contributed by atoms with Gasteiger partial charge in [0.25, 0.3) is 0 Å². The Morgan fingerprint density at radius 2 is 1.89 bits per heavy atom. The number of nitrogens with zero attached hydrogens (tertiary/aromatic N) is 1. The average Bonchev–Trinajstić information content (AvgIpc) is 2.76. The monoisotopic (exact) mass is 252 g/mol. The van der Waals surface area contributed by atoms with Gasteiger partial charge in [0.1, 0.15) is 10.7 Å². The number of nitrogens with one attached hydrogen (secondary N) is 1. The van der Waals surface area contributed by atoms with Crippen molar-refractivity contribution in [3.63, 3.8) is 0 Å². The van der Waals surface area contributed by atoms with Gasteiger partial charge in [-0.3, -0.25) is 10.1 Å². The molecule has 1 saturated carbocycles. The van der Waals surface area contributed by atoms with Crippen molar-refractivity contribution in [1.82, 2.24) is 5.32 Å². The highest BCUT2D eigenvalue weighted by Gasteiger charge is 2.14. The zero-order chi connectivity index (χ0) is 12.8. The van der Waals surface area contributed by atoms with E-state index in [1.54, 1.807) is 6.07 Å². The van der Waals surface area contributed by atoms with Crippen LogP contribution < -0.4 is 5.32 Å². The van der Waals surface area contributed by atoms with Crippen LogP contribution in [0.1, 0.15) is 50.7 Å². The smallest absolute Gasteiger partial charge is 0.404 e. The Hall–Kier alpha value is -1.36. The summed E-state index contributed by atoms with van der Waals surface area (Å²) in [4.78, 5) is 9.99. The lowest BCUT2D eigenvalue weighted by atomic mass is 9.97. The van der Waals surface area contributed by atoms with Crippen LogP contribution in [0.4, 0.5) is 5.88 Å². The van der Waals surface area contributed by atoms with Gasteiger partial charge in [-0.25, -0.2) is 0 Å². The van der Waals surface area contributed by atoms with E-state index in [0.717, 1.165) is 0 Å². The molecule has 1 aromatic rings. The van der Waals surface area contributed by atoms with Crippen LogP contribution in [-0.4, -0.2) is 11.0 Å². The summed E-state index contributed by atoms with van der Waals surface area (Å²) < 4.78 is 5.13. The van der Waals surface area contributed by atoms with E-state index in [4.69, 9.17) is 4.42 Å². The number of hydrogen-bond donors (Lipinski definition) is 1. The molecule has 1 aliphatic carbocycles. The minimum atomic E-state index is -0.501. The molecule has 1 fully saturated rings. The molecular weight excluding hydrogens is 232 g/mol. The van der Waals surface area contributed by atoms with Gasteiger partial charge in [0, 0.05) is 6.04 Å². The highest BCUT2D eigenvalue weighted by molar-refractivity contribution is 5.17. The molecule has 2 rings (SSSR count). The predicted molar refractivity (Wildman–Crippen MR) is 68.3 cm³/mol. The molecular formula is C13H20N2O3. The maximum atomic E-state index is 10.5. The van der Waals surface area contributed by atoms with Crippen LogP contribution >= 0.6 is 0 Å². The quantitative estimate of drug-likeness (QED) is 0.658. The molecule has 0 atom stereocenters. The van der Waals surface area contributed by atoms with E-state index >= 15 is 0 Å². The molecule has 0 aromatic carbocycles. The van der Waals surface area contributed by atoms with Gasteiger partial charge in [-0.1, -0.05) is 32.1 Å². The van der Waals surface area contributed by atoms with E-state index in [9.17, 15) is 10.1 Å². The minimum absolute atomic E-state index is 0.176. The highest BCUT2D eigenvalue weighted by Crippen LogP contribution is 2.19. The lowest BCUT2D eigenvalue weighted by molar-refractivity contribution is -0.402. The third-order valence-electron chi connectivity index (χ3n) is 3.50. The minimum Gasteiger partial charge on any atom is -0.404 e. The average molecular weight is 252 g/mol. The van der Waals surface area contributed by atoms with Crippen molar-refractivity contribution in [1.29, 1.82) is 0 Å². The summed E-state index contributed by atoms with van der Waals surface area (Å²) in [6.07, 6.45) is 8.95. The van der Waals surface area contributed by atoms with Crippen molar-refractivity contribution >= 4 is 5.88 Å². The van der Waals surface area contributed by atoms with Gasteiger partial charge in [-0.15, -0.1) is 0 Å². The molecule has 0 amide bonds. The molecule has 1 N–H and O–H groups in total. The second-order valence-corrected chi connectivity index (χ2v) is 4.92. The van der Waals surface area contributed by atoms with E-state index in [1.807, 2.05) is 0 Å². The van der Waals surface area contributed by atoms with Gasteiger partial charge in [0.15, 0.2) is 0 Å². The lowest BCUT2D eigenvalue weighted by Crippen LogP contribution is -2.29. The third-order valence-corrected chi connectivity index (χ3v) is 3.50. The maximum absolute atomic E-state index is 10.5. The summed E-state index contributed by atoms with van der Waals surface area (Å²) in [6, 6.07) is 3.61. The van der Waals surface area contributed by atoms with Crippen LogP contribution in [0.3, 0.4) is 0 Å². The summed E-state index contributed by atoms with van der Waals surface area (Å²) in [7, 11) is 0. The van der Waals surface area contributed by atoms with Gasteiger partial charge in [0.2, 0.25) is 0 Å². The van der Waals surface area contributed by atoms with Crippen LogP contribution in [0.2, 0.25) is 0 Å². The number of hydrogen-bond acceptors (Lipinski definition) is 4. The molecule has 5 heteroatoms. The second kappa shape index (κ2) is 6.54. The van der Waals surface area contributed by atoms with Crippen molar-refractivity contribution in [2.75, 3.05) is 0 Å². The lowest BCUT2D eigenvalue weighted by Gasteiger charge is -2.20. The van der Waals surface area contributed by atoms with Gasteiger partial charge < -0.3 is 9.73 Å². The maximum Gasteiger partial charge on any atom is 0.433 e. The fourth-order valence-corrected chi connectivity index (χ4v) is 2.46. The Morgan fingerprint density at radius 3 is 2.50 bits per heavy atom. The molecule has 0 saturated heterocycles. The molecule has 100 valence electrons. The summed E-state index contributed by atoms with van der Waals surface area (Å²) >= 11 is 0. The topological polar surface area (TPSA) is 68.3 Å². The van der Waals surface area contributed by atoms with Crippen molar-refractivity contribution in [3.8, 4) is 0 Å². The Balaban J connectivity index is 1.80. The second-order valence-electron chi connectivity index (χ2n) is 4.92. The first-order chi connectivity index (χ1) is 8.75. The molecule has 0 bridgehead atoms. The Labute approximate surface area is 107 Å². The molecule has 1 aliphatic rings. The highest BCUT2D eigenvalue weighted by atomic mass is 16.6. The van der Waals surface area contributed by atoms with Crippen LogP contribution in [0.15, 0.2) is 16.5 Å². The number of furan rings is 1. The summed E-state index contributed by atoms with van der Waals surface area (Å²) in [5, 5.41) is 13.9. The van der Waals surface area contributed by atoms with Crippen LogP contribution in [-0.2, 0) is 6.54 Å². The van der Waals surface area contributed by atoms with E-state index < -0.39 is 4.92 Å². The molecule has 0 unspecified atom stereocenters. The zero-order valence-corrected chi connectivity index (χ0v) is 10.6. The molecule has 1 aromatic heterocycles. The van der Waals surface area contributed by atoms with Gasteiger partial charge in [-0.2, -0.15) is 0 Å². The van der Waals surface area contributed by atoms with Gasteiger partial charge in [-0.05, 0) is 18.9 Å². The fraction of sp³-hybridized carbons (Fsp3) is 0.692. The Bertz CT molecular complexity index is 381. The van der Waals surface area contributed by atoms with Crippen molar-refractivity contribution in [2.45, 2.75) is 57.5 Å². The SMILES string of the molecule is O=[N+]([O-])c1ccc(CNC2CCCCCCC2)o1. The van der Waals surface area contributed by atoms with Crippen LogP contribution in [0.25, 0.3) is 0 Å². The third kappa shape index (κ3) is 3.84. The van der Waals surface area contributed by atoms with E-state index in [0.29, 0.717) is 18.3 Å². The molecule has 0 spiro atoms. The molecule has 0 radical (unpaired) electrons. The normalized spacial score (nSPS) is 18.2. The molecule has 18 heavy (non-hydrogen) atoms. The Morgan fingerprint density at radius 1 is 1.22 bits per heavy atom. The first-order valence-corrected chi connectivity index (χ1v) is 6.72. The largest absolute Gasteiger partial charge is 0.433 e. The first-order valence-electron chi connectivity index (χ1n) is 6.72. The molecule has 0 aliphatic heterocycles. The fourth-order valence-electron chi connectivity index (χ4n) is 2.46. The Kier molecular flexibility index (Phi) is 4.75. The van der Waals surface area contributed by atoms with Crippen molar-refractivity contribution in [2.24, 2.45) is 0 Å². The number of rotatable bonds is 4. The van der Waals surface area contributed by atoms with Crippen LogP contribution in [0.5, 0.6) is 0 Å². The van der Waals surface area contributed by atoms with E-state index in [1.165, 1.54) is 51.0 Å².